The fourth-order valence-corrected chi connectivity index (χ4v) is 3.67. The zero-order valence-electron chi connectivity index (χ0n) is 17.5. The van der Waals surface area contributed by atoms with Crippen LogP contribution in [0.5, 0.6) is 0 Å². The lowest BCUT2D eigenvalue weighted by Crippen LogP contribution is -2.26. The summed E-state index contributed by atoms with van der Waals surface area (Å²) < 4.78 is 1.44. The summed E-state index contributed by atoms with van der Waals surface area (Å²) in [6.45, 7) is 0.775. The van der Waals surface area contributed by atoms with Gasteiger partial charge in [-0.15, -0.1) is 0 Å². The summed E-state index contributed by atoms with van der Waals surface area (Å²) in [5.41, 5.74) is 0.877. The molecule has 0 saturated carbocycles. The first-order valence-corrected chi connectivity index (χ1v) is 10.7. The number of anilines is 3. The molecule has 3 aromatic heterocycles. The molecule has 0 bridgehead atoms. The van der Waals surface area contributed by atoms with Crippen LogP contribution in [-0.2, 0) is 0 Å². The molecule has 0 radical (unpaired) electrons. The average Bonchev–Trinajstić information content (AvgIpc) is 2.83. The Morgan fingerprint density at radius 1 is 1.03 bits per heavy atom. The lowest BCUT2D eigenvalue weighted by Gasteiger charge is -2.25. The first-order chi connectivity index (χ1) is 16.4. The lowest BCUT2D eigenvalue weighted by atomic mass is 10.2. The fourth-order valence-electron chi connectivity index (χ4n) is 3.16. The van der Waals surface area contributed by atoms with Crippen molar-refractivity contribution in [2.24, 2.45) is 0 Å². The molecular formula is C22H17Cl2N7O3. The van der Waals surface area contributed by atoms with Crippen molar-refractivity contribution < 1.29 is 4.92 Å². The molecule has 0 aliphatic rings. The maximum absolute atomic E-state index is 12.0. The summed E-state index contributed by atoms with van der Waals surface area (Å²) in [5, 5.41) is 15.0. The van der Waals surface area contributed by atoms with E-state index in [2.05, 4.69) is 20.3 Å². The highest BCUT2D eigenvalue weighted by atomic mass is 35.5. The predicted molar refractivity (Wildman–Crippen MR) is 130 cm³/mol. The molecule has 3 heterocycles. The molecule has 0 amide bonds. The minimum atomic E-state index is -0.511. The standard InChI is InChI=1S/C22H17Cl2N7O3/c23-15-4-6-19(18(24)11-15)30(20-7-5-16(12-26-20)31(33)34)10-8-25-22-27-13-17(14-28-22)29-9-2-1-3-21(29)32/h1-7,9,11-14H,8,10H2,(H,25,27,28). The van der Waals surface area contributed by atoms with E-state index in [0.717, 1.165) is 0 Å². The molecule has 34 heavy (non-hydrogen) atoms. The van der Waals surface area contributed by atoms with E-state index in [1.54, 1.807) is 59.9 Å². The summed E-state index contributed by atoms with van der Waals surface area (Å²) in [4.78, 5) is 37.0. The van der Waals surface area contributed by atoms with Crippen LogP contribution in [0.3, 0.4) is 0 Å². The molecule has 10 nitrogen and oxygen atoms in total. The third kappa shape index (κ3) is 5.30. The Morgan fingerprint density at radius 3 is 2.47 bits per heavy atom. The van der Waals surface area contributed by atoms with E-state index in [0.29, 0.717) is 46.3 Å². The Labute approximate surface area is 203 Å². The van der Waals surface area contributed by atoms with Gasteiger partial charge in [0.25, 0.3) is 11.2 Å². The third-order valence-corrected chi connectivity index (χ3v) is 5.32. The van der Waals surface area contributed by atoms with E-state index in [1.807, 2.05) is 0 Å². The van der Waals surface area contributed by atoms with E-state index >= 15 is 0 Å². The summed E-state index contributed by atoms with van der Waals surface area (Å²) in [7, 11) is 0. The van der Waals surface area contributed by atoms with Crippen molar-refractivity contribution in [1.82, 2.24) is 19.5 Å². The third-order valence-electron chi connectivity index (χ3n) is 4.78. The number of hydrogen-bond donors (Lipinski definition) is 1. The normalized spacial score (nSPS) is 10.6. The Morgan fingerprint density at radius 2 is 1.82 bits per heavy atom. The van der Waals surface area contributed by atoms with Crippen molar-refractivity contribution in [1.29, 1.82) is 0 Å². The molecule has 0 aliphatic heterocycles. The maximum atomic E-state index is 12.0. The van der Waals surface area contributed by atoms with Crippen LogP contribution in [-0.4, -0.2) is 37.5 Å². The number of aromatic nitrogens is 4. The van der Waals surface area contributed by atoms with Crippen LogP contribution in [0, 0.1) is 10.1 Å². The Bertz CT molecular complexity index is 1360. The van der Waals surface area contributed by atoms with Gasteiger partial charge in [-0.1, -0.05) is 29.3 Å². The van der Waals surface area contributed by atoms with Crippen LogP contribution in [0.1, 0.15) is 0 Å². The Balaban J connectivity index is 1.51. The van der Waals surface area contributed by atoms with Crippen molar-refractivity contribution in [2.75, 3.05) is 23.3 Å². The van der Waals surface area contributed by atoms with Crippen molar-refractivity contribution in [2.45, 2.75) is 0 Å². The van der Waals surface area contributed by atoms with Gasteiger partial charge < -0.3 is 10.2 Å². The van der Waals surface area contributed by atoms with Gasteiger partial charge >= 0.3 is 0 Å². The van der Waals surface area contributed by atoms with Crippen LogP contribution in [0.15, 0.2) is 78.1 Å². The topological polar surface area (TPSA) is 119 Å². The minimum Gasteiger partial charge on any atom is -0.352 e. The molecular weight excluding hydrogens is 481 g/mol. The van der Waals surface area contributed by atoms with Crippen LogP contribution in [0.2, 0.25) is 10.0 Å². The van der Waals surface area contributed by atoms with Crippen LogP contribution >= 0.6 is 23.2 Å². The fraction of sp³-hybridized carbons (Fsp3) is 0.0909. The van der Waals surface area contributed by atoms with Gasteiger partial charge in [-0.2, -0.15) is 0 Å². The van der Waals surface area contributed by atoms with Crippen LogP contribution in [0.25, 0.3) is 5.69 Å². The van der Waals surface area contributed by atoms with Gasteiger partial charge in [0, 0.05) is 36.4 Å². The summed E-state index contributed by atoms with van der Waals surface area (Å²) >= 11 is 12.4. The van der Waals surface area contributed by atoms with Crippen LogP contribution < -0.4 is 15.8 Å². The van der Waals surface area contributed by atoms with Gasteiger partial charge in [0.15, 0.2) is 0 Å². The van der Waals surface area contributed by atoms with E-state index < -0.39 is 4.92 Å². The molecule has 0 saturated heterocycles. The molecule has 172 valence electrons. The first kappa shape index (κ1) is 23.1. The van der Waals surface area contributed by atoms with Gasteiger partial charge in [0.2, 0.25) is 5.95 Å². The van der Waals surface area contributed by atoms with Crippen molar-refractivity contribution in [3.05, 3.63) is 104 Å². The first-order valence-electron chi connectivity index (χ1n) is 9.99. The second-order valence-electron chi connectivity index (χ2n) is 6.98. The van der Waals surface area contributed by atoms with Crippen molar-refractivity contribution >= 4 is 46.3 Å². The summed E-state index contributed by atoms with van der Waals surface area (Å²) in [6, 6.07) is 12.8. The van der Waals surface area contributed by atoms with Gasteiger partial charge in [-0.05, 0) is 30.3 Å². The number of nitrogens with one attached hydrogen (secondary N) is 1. The molecule has 0 spiro atoms. The molecule has 1 aromatic carbocycles. The Hall–Kier alpha value is -4.02. The van der Waals surface area contributed by atoms with Crippen molar-refractivity contribution in [3.8, 4) is 5.69 Å². The van der Waals surface area contributed by atoms with Gasteiger partial charge in [-0.25, -0.2) is 15.0 Å². The highest BCUT2D eigenvalue weighted by Gasteiger charge is 2.16. The number of rotatable bonds is 8. The number of hydrogen-bond acceptors (Lipinski definition) is 8. The zero-order valence-corrected chi connectivity index (χ0v) is 19.0. The van der Waals surface area contributed by atoms with E-state index in [4.69, 9.17) is 23.2 Å². The predicted octanol–water partition coefficient (Wildman–Crippen LogP) is 4.49. The van der Waals surface area contributed by atoms with Crippen LogP contribution in [0.4, 0.5) is 23.1 Å². The Kier molecular flexibility index (Phi) is 7.00. The molecule has 0 unspecified atom stereocenters. The van der Waals surface area contributed by atoms with E-state index in [-0.39, 0.29) is 11.2 Å². The summed E-state index contributed by atoms with van der Waals surface area (Å²) in [6.07, 6.45) is 5.91. The largest absolute Gasteiger partial charge is 0.352 e. The number of pyridine rings is 2. The molecule has 0 atom stereocenters. The average molecular weight is 498 g/mol. The number of nitrogens with zero attached hydrogens (tertiary/aromatic N) is 6. The number of nitro groups is 1. The smallest absolute Gasteiger partial charge is 0.287 e. The molecule has 4 rings (SSSR count). The monoisotopic (exact) mass is 497 g/mol. The lowest BCUT2D eigenvalue weighted by molar-refractivity contribution is -0.385. The maximum Gasteiger partial charge on any atom is 0.287 e. The van der Waals surface area contributed by atoms with Gasteiger partial charge in [-0.3, -0.25) is 19.5 Å². The second kappa shape index (κ2) is 10.3. The zero-order chi connectivity index (χ0) is 24.1. The highest BCUT2D eigenvalue weighted by Crippen LogP contribution is 2.33. The molecule has 4 aromatic rings. The molecule has 12 heteroatoms. The highest BCUT2D eigenvalue weighted by molar-refractivity contribution is 6.36. The SMILES string of the molecule is O=c1ccccn1-c1cnc(NCCN(c2ccc([N+](=O)[O-])cn2)c2ccc(Cl)cc2Cl)nc1. The van der Waals surface area contributed by atoms with E-state index in [1.165, 1.54) is 22.9 Å². The number of halogens is 2. The molecule has 0 aliphatic carbocycles. The quantitative estimate of drug-likeness (QED) is 0.279. The number of benzene rings is 1. The summed E-state index contributed by atoms with van der Waals surface area (Å²) in [5.74, 6) is 0.836. The van der Waals surface area contributed by atoms with Gasteiger partial charge in [0.05, 0.1) is 33.7 Å². The molecule has 0 fully saturated rings. The minimum absolute atomic E-state index is 0.116. The molecule has 1 N–H and O–H groups in total. The van der Waals surface area contributed by atoms with E-state index in [9.17, 15) is 14.9 Å². The van der Waals surface area contributed by atoms with Crippen molar-refractivity contribution in [3.63, 3.8) is 0 Å². The second-order valence-corrected chi connectivity index (χ2v) is 7.82. The van der Waals surface area contributed by atoms with Gasteiger partial charge in [0.1, 0.15) is 12.0 Å².